The van der Waals surface area contributed by atoms with Crippen LogP contribution in [0.3, 0.4) is 0 Å². The van der Waals surface area contributed by atoms with Gasteiger partial charge >= 0.3 is 18.2 Å². The minimum Gasteiger partial charge on any atom is -0.478 e. The molecule has 5 nitrogen and oxygen atoms in total. The van der Waals surface area contributed by atoms with Crippen LogP contribution in [0.2, 0.25) is 0 Å². The van der Waals surface area contributed by atoms with Crippen LogP contribution >= 0.6 is 0 Å². The number of urea groups is 1. The minimum atomic E-state index is -4.63. The molecule has 29 heavy (non-hydrogen) atoms. The monoisotopic (exact) mass is 400 g/mol. The minimum absolute atomic E-state index is 0.0136. The molecule has 2 amide bonds. The number of carboxylic acids is 1. The van der Waals surface area contributed by atoms with E-state index >= 15 is 0 Å². The Balaban J connectivity index is 1.87. The third-order valence-corrected chi connectivity index (χ3v) is 4.07. The topological polar surface area (TPSA) is 78.4 Å². The number of anilines is 2. The molecule has 0 atom stereocenters. The van der Waals surface area contributed by atoms with Gasteiger partial charge in [0.05, 0.1) is 16.8 Å². The first-order valence-electron chi connectivity index (χ1n) is 8.42. The molecule has 0 aliphatic heterocycles. The average Bonchev–Trinajstić information content (AvgIpc) is 2.68. The second-order valence-corrected chi connectivity index (χ2v) is 6.05. The van der Waals surface area contributed by atoms with Crippen LogP contribution in [0.1, 0.15) is 15.9 Å². The molecule has 148 valence electrons. The summed E-state index contributed by atoms with van der Waals surface area (Å²) >= 11 is 0. The molecule has 0 bridgehead atoms. The lowest BCUT2D eigenvalue weighted by atomic mass is 9.98. The number of rotatable bonds is 4. The number of carboxylic acid groups (broad SMARTS) is 1. The molecular weight excluding hydrogens is 385 g/mol. The molecule has 3 aromatic carbocycles. The smallest absolute Gasteiger partial charge is 0.417 e. The van der Waals surface area contributed by atoms with E-state index in [2.05, 4.69) is 10.6 Å². The number of alkyl halides is 3. The third kappa shape index (κ3) is 4.73. The molecule has 0 aliphatic rings. The average molecular weight is 400 g/mol. The number of aromatic carboxylic acids is 1. The molecule has 0 unspecified atom stereocenters. The van der Waals surface area contributed by atoms with Crippen molar-refractivity contribution >= 4 is 23.4 Å². The van der Waals surface area contributed by atoms with Crippen molar-refractivity contribution in [3.63, 3.8) is 0 Å². The Morgan fingerprint density at radius 2 is 1.48 bits per heavy atom. The number of hydrogen-bond donors (Lipinski definition) is 3. The molecule has 0 heterocycles. The standard InChI is InChI=1S/C21H15F3N2O3/c22-21(23,24)17-12-14(10-11-15(17)13-6-2-1-3-7-13)25-20(29)26-18-9-5-4-8-16(18)19(27)28/h1-12H,(H,27,28)(H2,25,26,29). The van der Waals surface area contributed by atoms with E-state index in [-0.39, 0.29) is 22.5 Å². The summed E-state index contributed by atoms with van der Waals surface area (Å²) in [5.74, 6) is -1.24. The first-order chi connectivity index (χ1) is 13.8. The van der Waals surface area contributed by atoms with E-state index in [0.29, 0.717) is 5.56 Å². The van der Waals surface area contributed by atoms with Crippen LogP contribution < -0.4 is 10.6 Å². The molecule has 3 aromatic rings. The van der Waals surface area contributed by atoms with E-state index in [9.17, 15) is 22.8 Å². The van der Waals surface area contributed by atoms with Crippen molar-refractivity contribution in [3.8, 4) is 11.1 Å². The number of nitrogens with one attached hydrogen (secondary N) is 2. The summed E-state index contributed by atoms with van der Waals surface area (Å²) < 4.78 is 40.6. The summed E-state index contributed by atoms with van der Waals surface area (Å²) in [7, 11) is 0. The van der Waals surface area contributed by atoms with Gasteiger partial charge in [0.2, 0.25) is 0 Å². The van der Waals surface area contributed by atoms with Gasteiger partial charge in [-0.15, -0.1) is 0 Å². The van der Waals surface area contributed by atoms with E-state index < -0.39 is 23.7 Å². The van der Waals surface area contributed by atoms with E-state index in [1.807, 2.05) is 0 Å². The highest BCUT2D eigenvalue weighted by Crippen LogP contribution is 2.38. The first kappa shape index (κ1) is 19.9. The van der Waals surface area contributed by atoms with Crippen molar-refractivity contribution in [2.24, 2.45) is 0 Å². The van der Waals surface area contributed by atoms with Gasteiger partial charge < -0.3 is 15.7 Å². The predicted octanol–water partition coefficient (Wildman–Crippen LogP) is 5.71. The Hall–Kier alpha value is -3.81. The number of carbonyl (C=O) groups is 2. The molecule has 0 saturated heterocycles. The quantitative estimate of drug-likeness (QED) is 0.525. The largest absolute Gasteiger partial charge is 0.478 e. The number of amides is 2. The fraction of sp³-hybridized carbons (Fsp3) is 0.0476. The van der Waals surface area contributed by atoms with Crippen molar-refractivity contribution in [2.75, 3.05) is 10.6 Å². The van der Waals surface area contributed by atoms with Gasteiger partial charge in [-0.3, -0.25) is 0 Å². The maximum atomic E-state index is 13.5. The highest BCUT2D eigenvalue weighted by atomic mass is 19.4. The van der Waals surface area contributed by atoms with E-state index in [0.717, 1.165) is 6.07 Å². The van der Waals surface area contributed by atoms with Crippen LogP contribution in [-0.2, 0) is 6.18 Å². The highest BCUT2D eigenvalue weighted by molar-refractivity contribution is 6.04. The summed E-state index contributed by atoms with van der Waals surface area (Å²) in [6.45, 7) is 0. The van der Waals surface area contributed by atoms with Crippen molar-refractivity contribution in [2.45, 2.75) is 6.18 Å². The summed E-state index contributed by atoms with van der Waals surface area (Å²) in [6, 6.07) is 16.4. The number of para-hydroxylation sites is 1. The summed E-state index contributed by atoms with van der Waals surface area (Å²) in [6.07, 6.45) is -4.63. The van der Waals surface area contributed by atoms with Crippen LogP contribution in [0.4, 0.5) is 29.3 Å². The lowest BCUT2D eigenvalue weighted by Gasteiger charge is -2.16. The van der Waals surface area contributed by atoms with Gasteiger partial charge in [-0.2, -0.15) is 13.2 Å². The molecule has 0 aliphatic carbocycles. The van der Waals surface area contributed by atoms with Gasteiger partial charge in [-0.1, -0.05) is 48.5 Å². The van der Waals surface area contributed by atoms with Gasteiger partial charge in [0.25, 0.3) is 0 Å². The van der Waals surface area contributed by atoms with Crippen molar-refractivity contribution in [1.82, 2.24) is 0 Å². The molecule has 3 N–H and O–H groups in total. The van der Waals surface area contributed by atoms with Crippen molar-refractivity contribution in [3.05, 3.63) is 83.9 Å². The predicted molar refractivity (Wildman–Crippen MR) is 103 cm³/mol. The fourth-order valence-electron chi connectivity index (χ4n) is 2.79. The van der Waals surface area contributed by atoms with Gasteiger partial charge in [-0.05, 0) is 35.4 Å². The van der Waals surface area contributed by atoms with Crippen LogP contribution in [0.5, 0.6) is 0 Å². The number of hydrogen-bond acceptors (Lipinski definition) is 2. The molecule has 0 spiro atoms. The molecule has 0 radical (unpaired) electrons. The first-order valence-corrected chi connectivity index (χ1v) is 8.42. The van der Waals surface area contributed by atoms with Crippen LogP contribution in [0, 0.1) is 0 Å². The SMILES string of the molecule is O=C(Nc1ccc(-c2ccccc2)c(C(F)(F)F)c1)Nc1ccccc1C(=O)O. The molecule has 8 heteroatoms. The Labute approximate surface area is 163 Å². The second kappa shape index (κ2) is 8.05. The maximum Gasteiger partial charge on any atom is 0.417 e. The zero-order chi connectivity index (χ0) is 21.0. The molecular formula is C21H15F3N2O3. The third-order valence-electron chi connectivity index (χ3n) is 4.07. The molecule has 0 fully saturated rings. The normalized spacial score (nSPS) is 11.0. The summed E-state index contributed by atoms with van der Waals surface area (Å²) in [5, 5.41) is 13.8. The Bertz CT molecular complexity index is 1050. The van der Waals surface area contributed by atoms with Crippen LogP contribution in [-0.4, -0.2) is 17.1 Å². The summed E-state index contributed by atoms with van der Waals surface area (Å²) in [4.78, 5) is 23.4. The Kier molecular flexibility index (Phi) is 5.54. The van der Waals surface area contributed by atoms with Crippen molar-refractivity contribution in [1.29, 1.82) is 0 Å². The van der Waals surface area contributed by atoms with Gasteiger partial charge in [-0.25, -0.2) is 9.59 Å². The molecule has 0 saturated carbocycles. The van der Waals surface area contributed by atoms with Gasteiger partial charge in [0, 0.05) is 5.69 Å². The van der Waals surface area contributed by atoms with Crippen molar-refractivity contribution < 1.29 is 27.9 Å². The number of benzene rings is 3. The number of carbonyl (C=O) groups excluding carboxylic acids is 1. The molecule has 3 rings (SSSR count). The molecule has 0 aromatic heterocycles. The van der Waals surface area contributed by atoms with Gasteiger partial charge in [0.15, 0.2) is 0 Å². The Morgan fingerprint density at radius 1 is 0.828 bits per heavy atom. The highest BCUT2D eigenvalue weighted by Gasteiger charge is 2.34. The zero-order valence-corrected chi connectivity index (χ0v) is 14.8. The fourth-order valence-corrected chi connectivity index (χ4v) is 2.79. The van der Waals surface area contributed by atoms with E-state index in [1.54, 1.807) is 30.3 Å². The van der Waals surface area contributed by atoms with Gasteiger partial charge in [0.1, 0.15) is 0 Å². The van der Waals surface area contributed by atoms with Crippen LogP contribution in [0.15, 0.2) is 72.8 Å². The van der Waals surface area contributed by atoms with E-state index in [1.165, 1.54) is 36.4 Å². The lowest BCUT2D eigenvalue weighted by Crippen LogP contribution is -2.21. The van der Waals surface area contributed by atoms with E-state index in [4.69, 9.17) is 5.11 Å². The van der Waals surface area contributed by atoms with Crippen LogP contribution in [0.25, 0.3) is 11.1 Å². The lowest BCUT2D eigenvalue weighted by molar-refractivity contribution is -0.137. The summed E-state index contributed by atoms with van der Waals surface area (Å²) in [5.41, 5.74) is -0.714. The maximum absolute atomic E-state index is 13.5. The number of halogens is 3. The Morgan fingerprint density at radius 3 is 2.14 bits per heavy atom. The zero-order valence-electron chi connectivity index (χ0n) is 14.8. The second-order valence-electron chi connectivity index (χ2n) is 6.05.